The SMILES string of the molecule is CCCNCCSc1ncn[nH]1. The third kappa shape index (κ3) is 3.73. The maximum atomic E-state index is 4.00. The van der Waals surface area contributed by atoms with Gasteiger partial charge < -0.3 is 5.32 Å². The van der Waals surface area contributed by atoms with Gasteiger partial charge in [0.1, 0.15) is 6.33 Å². The number of hydrogen-bond acceptors (Lipinski definition) is 4. The molecule has 0 saturated heterocycles. The molecule has 0 bridgehead atoms. The van der Waals surface area contributed by atoms with Crippen molar-refractivity contribution in [2.24, 2.45) is 0 Å². The summed E-state index contributed by atoms with van der Waals surface area (Å²) in [5.41, 5.74) is 0. The second kappa shape index (κ2) is 6.02. The molecule has 12 heavy (non-hydrogen) atoms. The zero-order valence-electron chi connectivity index (χ0n) is 7.21. The van der Waals surface area contributed by atoms with E-state index in [1.165, 1.54) is 12.7 Å². The number of aromatic nitrogens is 3. The zero-order valence-corrected chi connectivity index (χ0v) is 8.02. The number of aromatic amines is 1. The lowest BCUT2D eigenvalue weighted by Gasteiger charge is -1.99. The highest BCUT2D eigenvalue weighted by Gasteiger charge is 1.94. The average molecular weight is 186 g/mol. The monoisotopic (exact) mass is 186 g/mol. The van der Waals surface area contributed by atoms with E-state index in [9.17, 15) is 0 Å². The summed E-state index contributed by atoms with van der Waals surface area (Å²) < 4.78 is 0. The van der Waals surface area contributed by atoms with Crippen molar-refractivity contribution in [2.45, 2.75) is 18.5 Å². The first-order chi connectivity index (χ1) is 5.93. The van der Waals surface area contributed by atoms with Gasteiger partial charge in [0, 0.05) is 12.3 Å². The van der Waals surface area contributed by atoms with Crippen LogP contribution in [0.25, 0.3) is 0 Å². The molecule has 0 radical (unpaired) electrons. The van der Waals surface area contributed by atoms with Crippen molar-refractivity contribution < 1.29 is 0 Å². The molecule has 1 aromatic rings. The number of nitrogens with zero attached hydrogens (tertiary/aromatic N) is 2. The van der Waals surface area contributed by atoms with Crippen molar-refractivity contribution in [3.8, 4) is 0 Å². The smallest absolute Gasteiger partial charge is 0.183 e. The summed E-state index contributed by atoms with van der Waals surface area (Å²) in [4.78, 5) is 4.00. The quantitative estimate of drug-likeness (QED) is 0.512. The summed E-state index contributed by atoms with van der Waals surface area (Å²) in [6.45, 7) is 4.28. The number of nitrogens with one attached hydrogen (secondary N) is 2. The molecule has 0 amide bonds. The van der Waals surface area contributed by atoms with Crippen molar-refractivity contribution in [1.82, 2.24) is 20.5 Å². The van der Waals surface area contributed by atoms with Crippen LogP contribution < -0.4 is 5.32 Å². The van der Waals surface area contributed by atoms with Crippen LogP contribution in [0.1, 0.15) is 13.3 Å². The lowest BCUT2D eigenvalue weighted by molar-refractivity contribution is 0.707. The molecule has 1 heterocycles. The minimum Gasteiger partial charge on any atom is -0.316 e. The van der Waals surface area contributed by atoms with Gasteiger partial charge in [-0.05, 0) is 13.0 Å². The minimum absolute atomic E-state index is 0.897. The fourth-order valence-electron chi connectivity index (χ4n) is 0.785. The predicted octanol–water partition coefficient (Wildman–Crippen LogP) is 0.896. The van der Waals surface area contributed by atoms with Crippen LogP contribution >= 0.6 is 11.8 Å². The Balaban J connectivity index is 1.96. The first-order valence-corrected chi connectivity index (χ1v) is 5.11. The van der Waals surface area contributed by atoms with Crippen LogP contribution in [-0.2, 0) is 0 Å². The van der Waals surface area contributed by atoms with E-state index in [1.54, 1.807) is 11.8 Å². The molecule has 4 nitrogen and oxygen atoms in total. The van der Waals surface area contributed by atoms with Gasteiger partial charge in [0.2, 0.25) is 0 Å². The fourth-order valence-corrected chi connectivity index (χ4v) is 1.46. The fraction of sp³-hybridized carbons (Fsp3) is 0.714. The number of H-pyrrole nitrogens is 1. The third-order valence-electron chi connectivity index (χ3n) is 1.34. The molecule has 0 aromatic carbocycles. The Kier molecular flexibility index (Phi) is 4.79. The van der Waals surface area contributed by atoms with Crippen molar-refractivity contribution in [1.29, 1.82) is 0 Å². The van der Waals surface area contributed by atoms with E-state index in [0.717, 1.165) is 24.0 Å². The van der Waals surface area contributed by atoms with Crippen LogP contribution in [0.3, 0.4) is 0 Å². The molecule has 0 fully saturated rings. The zero-order chi connectivity index (χ0) is 8.65. The van der Waals surface area contributed by atoms with Crippen molar-refractivity contribution in [2.75, 3.05) is 18.8 Å². The van der Waals surface area contributed by atoms with Crippen LogP contribution in [-0.4, -0.2) is 34.0 Å². The molecule has 0 aliphatic rings. The van der Waals surface area contributed by atoms with E-state index in [0.29, 0.717) is 0 Å². The second-order valence-electron chi connectivity index (χ2n) is 2.39. The average Bonchev–Trinajstić information content (AvgIpc) is 2.57. The Morgan fingerprint density at radius 2 is 2.50 bits per heavy atom. The van der Waals surface area contributed by atoms with Crippen LogP contribution in [0.4, 0.5) is 0 Å². The summed E-state index contributed by atoms with van der Waals surface area (Å²) in [6.07, 6.45) is 2.72. The molecule has 1 aromatic heterocycles. The summed E-state index contributed by atoms with van der Waals surface area (Å²) in [5.74, 6) is 1.04. The van der Waals surface area contributed by atoms with Crippen molar-refractivity contribution >= 4 is 11.8 Å². The van der Waals surface area contributed by atoms with Crippen molar-refractivity contribution in [3.63, 3.8) is 0 Å². The number of thioether (sulfide) groups is 1. The normalized spacial score (nSPS) is 10.4. The molecule has 0 atom stereocenters. The number of rotatable bonds is 6. The van der Waals surface area contributed by atoms with E-state index in [2.05, 4.69) is 27.4 Å². The molecule has 1 rings (SSSR count). The Labute approximate surface area is 76.5 Å². The maximum Gasteiger partial charge on any atom is 0.183 e. The molecule has 0 saturated carbocycles. The Morgan fingerprint density at radius 1 is 1.58 bits per heavy atom. The van der Waals surface area contributed by atoms with Gasteiger partial charge in [-0.15, -0.1) is 0 Å². The first-order valence-electron chi connectivity index (χ1n) is 4.12. The van der Waals surface area contributed by atoms with E-state index in [1.807, 2.05) is 0 Å². The van der Waals surface area contributed by atoms with Gasteiger partial charge in [0.15, 0.2) is 5.16 Å². The van der Waals surface area contributed by atoms with Gasteiger partial charge in [-0.2, -0.15) is 5.10 Å². The van der Waals surface area contributed by atoms with Crippen LogP contribution in [0.2, 0.25) is 0 Å². The van der Waals surface area contributed by atoms with Crippen LogP contribution in [0.5, 0.6) is 0 Å². The molecular weight excluding hydrogens is 172 g/mol. The highest BCUT2D eigenvalue weighted by atomic mass is 32.2. The summed E-state index contributed by atoms with van der Waals surface area (Å²) in [7, 11) is 0. The summed E-state index contributed by atoms with van der Waals surface area (Å²) >= 11 is 1.69. The van der Waals surface area contributed by atoms with E-state index in [4.69, 9.17) is 0 Å². The van der Waals surface area contributed by atoms with Gasteiger partial charge >= 0.3 is 0 Å². The largest absolute Gasteiger partial charge is 0.316 e. The Hall–Kier alpha value is -0.550. The minimum atomic E-state index is 0.897. The van der Waals surface area contributed by atoms with Gasteiger partial charge in [-0.1, -0.05) is 18.7 Å². The van der Waals surface area contributed by atoms with Gasteiger partial charge in [0.25, 0.3) is 0 Å². The topological polar surface area (TPSA) is 53.6 Å². The summed E-state index contributed by atoms with van der Waals surface area (Å²) in [5, 5.41) is 10.8. The van der Waals surface area contributed by atoms with E-state index < -0.39 is 0 Å². The van der Waals surface area contributed by atoms with Gasteiger partial charge in [-0.3, -0.25) is 5.10 Å². The Bertz CT molecular complexity index is 187. The van der Waals surface area contributed by atoms with Crippen molar-refractivity contribution in [3.05, 3.63) is 6.33 Å². The van der Waals surface area contributed by atoms with Gasteiger partial charge in [0.05, 0.1) is 0 Å². The highest BCUT2D eigenvalue weighted by Crippen LogP contribution is 2.08. The molecule has 5 heteroatoms. The van der Waals surface area contributed by atoms with E-state index >= 15 is 0 Å². The molecule has 0 aliphatic carbocycles. The number of hydrogen-bond donors (Lipinski definition) is 2. The lowest BCUT2D eigenvalue weighted by Crippen LogP contribution is -2.17. The summed E-state index contributed by atoms with van der Waals surface area (Å²) in [6, 6.07) is 0. The maximum absolute atomic E-state index is 4.00. The van der Waals surface area contributed by atoms with Crippen LogP contribution in [0.15, 0.2) is 11.5 Å². The van der Waals surface area contributed by atoms with Crippen LogP contribution in [0, 0.1) is 0 Å². The van der Waals surface area contributed by atoms with E-state index in [-0.39, 0.29) is 0 Å². The molecule has 2 N–H and O–H groups in total. The first kappa shape index (κ1) is 9.54. The second-order valence-corrected chi connectivity index (χ2v) is 3.47. The molecule has 68 valence electrons. The predicted molar refractivity (Wildman–Crippen MR) is 50.3 cm³/mol. The molecule has 0 unspecified atom stereocenters. The lowest BCUT2D eigenvalue weighted by atomic mass is 10.5. The Morgan fingerprint density at radius 3 is 3.17 bits per heavy atom. The molecule has 0 spiro atoms. The standard InChI is InChI=1S/C7H14N4S/c1-2-3-8-4-5-12-7-9-6-10-11-7/h6,8H,2-5H2,1H3,(H,9,10,11). The molecular formula is C7H14N4S. The third-order valence-corrected chi connectivity index (χ3v) is 2.22. The highest BCUT2D eigenvalue weighted by molar-refractivity contribution is 7.99. The van der Waals surface area contributed by atoms with Gasteiger partial charge in [-0.25, -0.2) is 4.98 Å². The molecule has 0 aliphatic heterocycles.